The maximum absolute atomic E-state index is 12.9. The smallest absolute Gasteiger partial charge is 0.252 e. The maximum Gasteiger partial charge on any atom is 0.252 e. The van der Waals surface area contributed by atoms with Crippen LogP contribution in [0.2, 0.25) is 5.02 Å². The Morgan fingerprint density at radius 2 is 1.77 bits per heavy atom. The van der Waals surface area contributed by atoms with Gasteiger partial charge in [0, 0.05) is 18.0 Å². The molecule has 0 saturated carbocycles. The fourth-order valence-electron chi connectivity index (χ4n) is 2.87. The monoisotopic (exact) mass is 366 g/mol. The second-order valence-electron chi connectivity index (χ2n) is 5.79. The van der Waals surface area contributed by atoms with Gasteiger partial charge in [0.2, 0.25) is 6.79 Å². The van der Waals surface area contributed by atoms with Gasteiger partial charge in [0.1, 0.15) is 0 Å². The number of aromatic nitrogens is 1. The second-order valence-corrected chi connectivity index (χ2v) is 6.20. The second kappa shape index (κ2) is 7.06. The molecule has 1 N–H and O–H groups in total. The third-order valence-electron chi connectivity index (χ3n) is 4.14. The molecule has 1 aromatic heterocycles. The van der Waals surface area contributed by atoms with Crippen molar-refractivity contribution in [1.29, 1.82) is 0 Å². The summed E-state index contributed by atoms with van der Waals surface area (Å²) in [5, 5.41) is 3.41. The van der Waals surface area contributed by atoms with E-state index in [1.165, 1.54) is 0 Å². The highest BCUT2D eigenvalue weighted by atomic mass is 35.5. The van der Waals surface area contributed by atoms with Gasteiger partial charge in [0.05, 0.1) is 11.1 Å². The molecule has 4 rings (SSSR count). The van der Waals surface area contributed by atoms with Crippen LogP contribution in [0.3, 0.4) is 0 Å². The van der Waals surface area contributed by atoms with Gasteiger partial charge in [0.25, 0.3) is 5.91 Å². The Morgan fingerprint density at radius 1 is 1.04 bits per heavy atom. The number of halogens is 1. The molecule has 1 atom stereocenters. The first-order valence-electron chi connectivity index (χ1n) is 8.07. The highest BCUT2D eigenvalue weighted by molar-refractivity contribution is 6.32. The maximum atomic E-state index is 12.9. The van der Waals surface area contributed by atoms with Crippen LogP contribution in [0.25, 0.3) is 0 Å². The largest absolute Gasteiger partial charge is 0.454 e. The van der Waals surface area contributed by atoms with E-state index in [1.807, 2.05) is 42.5 Å². The number of pyridine rings is 1. The summed E-state index contributed by atoms with van der Waals surface area (Å²) in [7, 11) is 0. The first kappa shape index (κ1) is 16.4. The lowest BCUT2D eigenvalue weighted by atomic mass is 9.99. The molecule has 26 heavy (non-hydrogen) atoms. The van der Waals surface area contributed by atoms with Crippen LogP contribution >= 0.6 is 11.6 Å². The van der Waals surface area contributed by atoms with Gasteiger partial charge in [-0.2, -0.15) is 0 Å². The molecule has 0 spiro atoms. The van der Waals surface area contributed by atoms with E-state index < -0.39 is 0 Å². The molecule has 6 heteroatoms. The van der Waals surface area contributed by atoms with Gasteiger partial charge in [-0.1, -0.05) is 41.9 Å². The quantitative estimate of drug-likeness (QED) is 0.758. The average molecular weight is 367 g/mol. The van der Waals surface area contributed by atoms with Gasteiger partial charge in [-0.3, -0.25) is 9.78 Å². The minimum Gasteiger partial charge on any atom is -0.454 e. The van der Waals surface area contributed by atoms with Crippen LogP contribution in [0, 0.1) is 0 Å². The Morgan fingerprint density at radius 3 is 2.54 bits per heavy atom. The number of nitrogens with one attached hydrogen (secondary N) is 1. The van der Waals surface area contributed by atoms with Crippen molar-refractivity contribution in [2.75, 3.05) is 6.79 Å². The number of ether oxygens (including phenoxy) is 2. The summed E-state index contributed by atoms with van der Waals surface area (Å²) >= 11 is 6.20. The molecule has 1 aliphatic rings. The lowest BCUT2D eigenvalue weighted by Gasteiger charge is -2.20. The van der Waals surface area contributed by atoms with Gasteiger partial charge in [-0.05, 0) is 35.4 Å². The summed E-state index contributed by atoms with van der Waals surface area (Å²) in [6, 6.07) is 16.4. The van der Waals surface area contributed by atoms with Crippen molar-refractivity contribution in [2.45, 2.75) is 6.04 Å². The van der Waals surface area contributed by atoms with Crippen LogP contribution < -0.4 is 14.8 Å². The summed E-state index contributed by atoms with van der Waals surface area (Å²) < 4.78 is 10.6. The first-order valence-corrected chi connectivity index (χ1v) is 8.45. The SMILES string of the molecule is O=C(NC(c1ccccc1)c1ccncc1)c1cc(Cl)c2c(c1)OCO2. The zero-order valence-corrected chi connectivity index (χ0v) is 14.4. The van der Waals surface area contributed by atoms with E-state index in [1.54, 1.807) is 24.5 Å². The van der Waals surface area contributed by atoms with Gasteiger partial charge in [0.15, 0.2) is 11.5 Å². The van der Waals surface area contributed by atoms with Crippen molar-refractivity contribution >= 4 is 17.5 Å². The molecule has 130 valence electrons. The van der Waals surface area contributed by atoms with E-state index in [0.717, 1.165) is 11.1 Å². The van der Waals surface area contributed by atoms with E-state index >= 15 is 0 Å². The summed E-state index contributed by atoms with van der Waals surface area (Å²) in [5.41, 5.74) is 2.32. The topological polar surface area (TPSA) is 60.5 Å². The van der Waals surface area contributed by atoms with E-state index in [2.05, 4.69) is 10.3 Å². The van der Waals surface area contributed by atoms with Crippen molar-refractivity contribution in [2.24, 2.45) is 0 Å². The van der Waals surface area contributed by atoms with E-state index in [-0.39, 0.29) is 18.7 Å². The van der Waals surface area contributed by atoms with Crippen LogP contribution in [-0.2, 0) is 0 Å². The summed E-state index contributed by atoms with van der Waals surface area (Å²) in [6.45, 7) is 0.101. The minimum atomic E-state index is -0.309. The molecule has 0 fully saturated rings. The number of rotatable bonds is 4. The third kappa shape index (κ3) is 3.21. The van der Waals surface area contributed by atoms with Crippen LogP contribution in [0.15, 0.2) is 67.0 Å². The Hall–Kier alpha value is -3.05. The standard InChI is InChI=1S/C20H15ClN2O3/c21-16-10-15(11-17-19(16)26-12-25-17)20(24)23-18(13-4-2-1-3-5-13)14-6-8-22-9-7-14/h1-11,18H,12H2,(H,23,24). The molecule has 1 unspecified atom stereocenters. The van der Waals surface area contributed by atoms with Crippen molar-refractivity contribution in [3.05, 3.63) is 88.7 Å². The van der Waals surface area contributed by atoms with Crippen LogP contribution in [-0.4, -0.2) is 17.7 Å². The highest BCUT2D eigenvalue weighted by Crippen LogP contribution is 2.39. The molecular formula is C20H15ClN2O3. The summed E-state index contributed by atoms with van der Waals surface area (Å²) in [5.74, 6) is 0.690. The molecule has 3 aromatic rings. The predicted octanol–water partition coefficient (Wildman–Crippen LogP) is 3.98. The van der Waals surface area contributed by atoms with Gasteiger partial charge in [-0.25, -0.2) is 0 Å². The number of carbonyl (C=O) groups is 1. The molecule has 0 aliphatic carbocycles. The molecule has 2 heterocycles. The van der Waals surface area contributed by atoms with E-state index in [4.69, 9.17) is 21.1 Å². The lowest BCUT2D eigenvalue weighted by Crippen LogP contribution is -2.29. The molecule has 0 radical (unpaired) electrons. The number of carbonyl (C=O) groups excluding carboxylic acids is 1. The normalized spacial score (nSPS) is 13.3. The third-order valence-corrected chi connectivity index (χ3v) is 4.42. The summed E-state index contributed by atoms with van der Waals surface area (Å²) in [4.78, 5) is 16.9. The fraction of sp³-hybridized carbons (Fsp3) is 0.100. The number of amides is 1. The van der Waals surface area contributed by atoms with Crippen LogP contribution in [0.4, 0.5) is 0 Å². The summed E-state index contributed by atoms with van der Waals surface area (Å²) in [6.07, 6.45) is 3.41. The van der Waals surface area contributed by atoms with Gasteiger partial charge >= 0.3 is 0 Å². The minimum absolute atomic E-state index is 0.101. The zero-order chi connectivity index (χ0) is 17.9. The molecule has 0 saturated heterocycles. The Labute approximate surface area is 155 Å². The molecule has 0 bridgehead atoms. The van der Waals surface area contributed by atoms with E-state index in [9.17, 15) is 4.79 Å². The number of hydrogen-bond donors (Lipinski definition) is 1. The fourth-order valence-corrected chi connectivity index (χ4v) is 3.14. The highest BCUT2D eigenvalue weighted by Gasteiger charge is 2.23. The average Bonchev–Trinajstić information content (AvgIpc) is 3.16. The van der Waals surface area contributed by atoms with Crippen molar-refractivity contribution in [3.63, 3.8) is 0 Å². The number of nitrogens with zero attached hydrogens (tertiary/aromatic N) is 1. The number of benzene rings is 2. The van der Waals surface area contributed by atoms with Gasteiger partial charge < -0.3 is 14.8 Å². The molecule has 5 nitrogen and oxygen atoms in total. The molecular weight excluding hydrogens is 352 g/mol. The lowest BCUT2D eigenvalue weighted by molar-refractivity contribution is 0.0942. The van der Waals surface area contributed by atoms with Crippen LogP contribution in [0.1, 0.15) is 27.5 Å². The van der Waals surface area contributed by atoms with E-state index in [0.29, 0.717) is 22.1 Å². The first-order chi connectivity index (χ1) is 12.7. The van der Waals surface area contributed by atoms with Crippen molar-refractivity contribution in [3.8, 4) is 11.5 Å². The predicted molar refractivity (Wildman–Crippen MR) is 97.6 cm³/mol. The Bertz CT molecular complexity index is 893. The molecule has 1 amide bonds. The number of hydrogen-bond acceptors (Lipinski definition) is 4. The Kier molecular flexibility index (Phi) is 4.46. The number of fused-ring (bicyclic) bond motifs is 1. The zero-order valence-electron chi connectivity index (χ0n) is 13.7. The Balaban J connectivity index is 1.66. The van der Waals surface area contributed by atoms with Crippen molar-refractivity contribution in [1.82, 2.24) is 10.3 Å². The molecule has 1 aliphatic heterocycles. The molecule has 2 aromatic carbocycles. The van der Waals surface area contributed by atoms with Crippen LogP contribution in [0.5, 0.6) is 11.5 Å². The van der Waals surface area contributed by atoms with Gasteiger partial charge in [-0.15, -0.1) is 0 Å². The van der Waals surface area contributed by atoms with Crippen molar-refractivity contribution < 1.29 is 14.3 Å².